The maximum absolute atomic E-state index is 3.58. The average Bonchev–Trinajstić information content (AvgIpc) is 2.79. The summed E-state index contributed by atoms with van der Waals surface area (Å²) in [7, 11) is 0. The lowest BCUT2D eigenvalue weighted by Crippen LogP contribution is -2.50. The van der Waals surface area contributed by atoms with E-state index in [9.17, 15) is 0 Å². The molecule has 1 N–H and O–H groups in total. The number of nitrogens with zero attached hydrogens (tertiary/aromatic N) is 1. The van der Waals surface area contributed by atoms with Crippen LogP contribution in [0.1, 0.15) is 18.4 Å². The molecule has 2 heterocycles. The molecule has 98 valence electrons. The van der Waals surface area contributed by atoms with E-state index in [1.54, 1.807) is 0 Å². The van der Waals surface area contributed by atoms with E-state index in [-0.39, 0.29) is 0 Å². The van der Waals surface area contributed by atoms with Gasteiger partial charge in [0.15, 0.2) is 0 Å². The molecule has 2 aliphatic rings. The van der Waals surface area contributed by atoms with Crippen LogP contribution in [0.2, 0.25) is 0 Å². The minimum Gasteiger partial charge on any atom is -0.315 e. The van der Waals surface area contributed by atoms with Crippen LogP contribution in [0.5, 0.6) is 0 Å². The molecule has 2 nitrogen and oxygen atoms in total. The van der Waals surface area contributed by atoms with E-state index in [1.165, 1.54) is 49.5 Å². The molecular weight excluding hydrogens is 240 g/mol. The molecule has 3 heteroatoms. The maximum atomic E-state index is 3.58. The highest BCUT2D eigenvalue weighted by Crippen LogP contribution is 2.32. The molecule has 0 saturated carbocycles. The quantitative estimate of drug-likeness (QED) is 0.881. The van der Waals surface area contributed by atoms with Crippen molar-refractivity contribution < 1.29 is 0 Å². The lowest BCUT2D eigenvalue weighted by molar-refractivity contribution is 0.103. The van der Waals surface area contributed by atoms with Gasteiger partial charge in [-0.05, 0) is 30.7 Å². The summed E-state index contributed by atoms with van der Waals surface area (Å²) in [6.45, 7) is 4.72. The predicted molar refractivity (Wildman–Crippen MR) is 79.0 cm³/mol. The van der Waals surface area contributed by atoms with Gasteiger partial charge in [-0.15, -0.1) is 0 Å². The summed E-state index contributed by atoms with van der Waals surface area (Å²) < 4.78 is 0. The maximum Gasteiger partial charge on any atom is 0.0357 e. The molecule has 1 unspecified atom stereocenters. The zero-order valence-electron chi connectivity index (χ0n) is 10.9. The minimum absolute atomic E-state index is 0.430. The highest BCUT2D eigenvalue weighted by Gasteiger charge is 2.39. The topological polar surface area (TPSA) is 15.3 Å². The number of thioether (sulfide) groups is 1. The SMILES string of the molecule is c1ccc(CN2CCSCCC23CCNC3)cc1. The average molecular weight is 262 g/mol. The lowest BCUT2D eigenvalue weighted by atomic mass is 9.92. The van der Waals surface area contributed by atoms with Crippen LogP contribution in [0.3, 0.4) is 0 Å². The normalized spacial score (nSPS) is 29.6. The second kappa shape index (κ2) is 5.64. The van der Waals surface area contributed by atoms with Crippen molar-refractivity contribution in [3.8, 4) is 0 Å². The third-order valence-corrected chi connectivity index (χ3v) is 5.29. The summed E-state index contributed by atoms with van der Waals surface area (Å²) in [5, 5.41) is 3.58. The Hall–Kier alpha value is -0.510. The van der Waals surface area contributed by atoms with Gasteiger partial charge in [0.2, 0.25) is 0 Å². The van der Waals surface area contributed by atoms with Crippen LogP contribution < -0.4 is 5.32 Å². The molecule has 0 bridgehead atoms. The van der Waals surface area contributed by atoms with Crippen molar-refractivity contribution in [3.05, 3.63) is 35.9 Å². The zero-order valence-corrected chi connectivity index (χ0v) is 11.7. The van der Waals surface area contributed by atoms with Gasteiger partial charge in [-0.25, -0.2) is 0 Å². The molecule has 2 aliphatic heterocycles. The van der Waals surface area contributed by atoms with E-state index < -0.39 is 0 Å². The van der Waals surface area contributed by atoms with Crippen molar-refractivity contribution in [2.24, 2.45) is 0 Å². The first-order valence-corrected chi connectivity index (χ1v) is 8.12. The summed E-state index contributed by atoms with van der Waals surface area (Å²) >= 11 is 2.12. The van der Waals surface area contributed by atoms with Gasteiger partial charge in [-0.2, -0.15) is 11.8 Å². The first-order valence-electron chi connectivity index (χ1n) is 6.97. The Morgan fingerprint density at radius 2 is 2.06 bits per heavy atom. The number of benzene rings is 1. The van der Waals surface area contributed by atoms with Crippen molar-refractivity contribution in [2.75, 3.05) is 31.1 Å². The fourth-order valence-corrected chi connectivity index (χ4v) is 4.28. The van der Waals surface area contributed by atoms with Gasteiger partial charge in [0.25, 0.3) is 0 Å². The standard InChI is InChI=1S/C15H22N2S/c1-2-4-14(5-3-1)12-17-9-11-18-10-7-15(17)6-8-16-13-15/h1-5,16H,6-13H2. The molecule has 1 aromatic carbocycles. The van der Waals surface area contributed by atoms with Crippen LogP contribution >= 0.6 is 11.8 Å². The van der Waals surface area contributed by atoms with Gasteiger partial charge in [-0.3, -0.25) is 4.90 Å². The third-order valence-electron chi connectivity index (χ3n) is 4.33. The Kier molecular flexibility index (Phi) is 3.92. The number of nitrogens with one attached hydrogen (secondary N) is 1. The molecule has 2 fully saturated rings. The molecule has 0 radical (unpaired) electrons. The van der Waals surface area contributed by atoms with E-state index in [0.717, 1.165) is 6.54 Å². The Labute approximate surface area is 114 Å². The highest BCUT2D eigenvalue weighted by atomic mass is 32.2. The Bertz CT molecular complexity index is 373. The highest BCUT2D eigenvalue weighted by molar-refractivity contribution is 7.99. The molecule has 1 spiro atoms. The summed E-state index contributed by atoms with van der Waals surface area (Å²) in [6.07, 6.45) is 2.66. The molecule has 18 heavy (non-hydrogen) atoms. The van der Waals surface area contributed by atoms with E-state index in [4.69, 9.17) is 0 Å². The van der Waals surface area contributed by atoms with E-state index in [0.29, 0.717) is 5.54 Å². The summed E-state index contributed by atoms with van der Waals surface area (Å²) in [6, 6.07) is 10.9. The smallest absolute Gasteiger partial charge is 0.0357 e. The second-order valence-electron chi connectivity index (χ2n) is 5.42. The van der Waals surface area contributed by atoms with Gasteiger partial charge in [0.05, 0.1) is 0 Å². The fourth-order valence-electron chi connectivity index (χ4n) is 3.20. The van der Waals surface area contributed by atoms with Gasteiger partial charge < -0.3 is 5.32 Å². The van der Waals surface area contributed by atoms with Gasteiger partial charge in [-0.1, -0.05) is 30.3 Å². The van der Waals surface area contributed by atoms with Crippen LogP contribution in [0, 0.1) is 0 Å². The summed E-state index contributed by atoms with van der Waals surface area (Å²) in [5.74, 6) is 2.61. The number of rotatable bonds is 2. The van der Waals surface area contributed by atoms with Gasteiger partial charge in [0, 0.05) is 30.9 Å². The molecular formula is C15H22N2S. The van der Waals surface area contributed by atoms with E-state index in [1.807, 2.05) is 0 Å². The molecule has 2 saturated heterocycles. The Morgan fingerprint density at radius 3 is 2.83 bits per heavy atom. The van der Waals surface area contributed by atoms with Crippen molar-refractivity contribution in [1.82, 2.24) is 10.2 Å². The molecule has 1 aromatic rings. The number of hydrogen-bond donors (Lipinski definition) is 1. The van der Waals surface area contributed by atoms with Crippen LogP contribution in [0.15, 0.2) is 30.3 Å². The minimum atomic E-state index is 0.430. The second-order valence-corrected chi connectivity index (χ2v) is 6.65. The zero-order chi connectivity index (χ0) is 12.3. The van der Waals surface area contributed by atoms with Crippen LogP contribution in [0.25, 0.3) is 0 Å². The van der Waals surface area contributed by atoms with Gasteiger partial charge in [0.1, 0.15) is 0 Å². The fraction of sp³-hybridized carbons (Fsp3) is 0.600. The van der Waals surface area contributed by atoms with E-state index in [2.05, 4.69) is 52.3 Å². The molecule has 1 atom stereocenters. The Morgan fingerprint density at radius 1 is 1.17 bits per heavy atom. The number of hydrogen-bond acceptors (Lipinski definition) is 3. The van der Waals surface area contributed by atoms with Crippen molar-refractivity contribution in [1.29, 1.82) is 0 Å². The predicted octanol–water partition coefficient (Wildman–Crippen LogP) is 2.36. The molecule has 0 aromatic heterocycles. The van der Waals surface area contributed by atoms with Crippen LogP contribution in [0.4, 0.5) is 0 Å². The van der Waals surface area contributed by atoms with Crippen molar-refractivity contribution in [3.63, 3.8) is 0 Å². The summed E-state index contributed by atoms with van der Waals surface area (Å²) in [4.78, 5) is 2.74. The van der Waals surface area contributed by atoms with Crippen molar-refractivity contribution >= 4 is 11.8 Å². The molecule has 0 amide bonds. The van der Waals surface area contributed by atoms with Crippen LogP contribution in [-0.4, -0.2) is 41.6 Å². The lowest BCUT2D eigenvalue weighted by Gasteiger charge is -2.39. The van der Waals surface area contributed by atoms with Crippen molar-refractivity contribution in [2.45, 2.75) is 24.9 Å². The Balaban J connectivity index is 1.78. The molecule has 3 rings (SSSR count). The largest absolute Gasteiger partial charge is 0.315 e. The van der Waals surface area contributed by atoms with Gasteiger partial charge >= 0.3 is 0 Å². The first-order chi connectivity index (χ1) is 8.89. The first kappa shape index (κ1) is 12.5. The monoisotopic (exact) mass is 262 g/mol. The van der Waals surface area contributed by atoms with Crippen LogP contribution in [-0.2, 0) is 6.54 Å². The third kappa shape index (κ3) is 2.58. The molecule has 0 aliphatic carbocycles. The van der Waals surface area contributed by atoms with E-state index >= 15 is 0 Å². The summed E-state index contributed by atoms with van der Waals surface area (Å²) in [5.41, 5.74) is 1.88.